The Morgan fingerprint density at radius 1 is 1.12 bits per heavy atom. The summed E-state index contributed by atoms with van der Waals surface area (Å²) in [7, 11) is 0. The summed E-state index contributed by atoms with van der Waals surface area (Å²) < 4.78 is 0. The third-order valence-electron chi connectivity index (χ3n) is 10.1. The summed E-state index contributed by atoms with van der Waals surface area (Å²) >= 11 is 0. The van der Waals surface area contributed by atoms with Crippen LogP contribution in [0.15, 0.2) is 22.8 Å². The highest BCUT2D eigenvalue weighted by Crippen LogP contribution is 2.62. The Labute approximate surface area is 206 Å². The van der Waals surface area contributed by atoms with Gasteiger partial charge in [-0.15, -0.1) is 12.8 Å². The van der Waals surface area contributed by atoms with Gasteiger partial charge in [-0.1, -0.05) is 70.8 Å². The molecule has 4 aliphatic carbocycles. The third kappa shape index (κ3) is 5.81. The zero-order chi connectivity index (χ0) is 24.8. The van der Waals surface area contributed by atoms with Crippen LogP contribution in [0.3, 0.4) is 0 Å². The van der Waals surface area contributed by atoms with Crippen molar-refractivity contribution in [1.82, 2.24) is 0 Å². The number of rotatable bonds is 5. The predicted molar refractivity (Wildman–Crippen MR) is 145 cm³/mol. The molecule has 1 N–H and O–H groups in total. The summed E-state index contributed by atoms with van der Waals surface area (Å²) in [5, 5.41) is 10.2. The van der Waals surface area contributed by atoms with E-state index < -0.39 is 0 Å². The Hall–Kier alpha value is -1.00. The first kappa shape index (κ1) is 28.2. The molecule has 33 heavy (non-hydrogen) atoms. The Kier molecular flexibility index (Phi) is 10.8. The Morgan fingerprint density at radius 3 is 2.45 bits per heavy atom. The Bertz CT molecular complexity index is 695. The molecule has 0 aromatic heterocycles. The lowest BCUT2D eigenvalue weighted by Gasteiger charge is -2.55. The van der Waals surface area contributed by atoms with Crippen molar-refractivity contribution >= 4 is 0 Å². The minimum absolute atomic E-state index is 0.0799. The molecular formula is C32H54O. The molecule has 1 heteroatoms. The SMILES string of the molecule is C#C.CC.CCC(CC/C(C)=C1\CCC2C1CCC1C2CC=C2C[C@@H](O)CC[C@@]21C)C(C)C. The summed E-state index contributed by atoms with van der Waals surface area (Å²) in [6.07, 6.45) is 24.7. The van der Waals surface area contributed by atoms with Crippen molar-refractivity contribution in [1.29, 1.82) is 0 Å². The molecule has 4 aliphatic rings. The van der Waals surface area contributed by atoms with Crippen LogP contribution >= 0.6 is 0 Å². The molecule has 0 radical (unpaired) electrons. The van der Waals surface area contributed by atoms with E-state index in [9.17, 15) is 5.11 Å². The van der Waals surface area contributed by atoms with E-state index in [1.807, 2.05) is 19.4 Å². The highest BCUT2D eigenvalue weighted by Gasteiger charge is 2.53. The highest BCUT2D eigenvalue weighted by atomic mass is 16.3. The van der Waals surface area contributed by atoms with E-state index in [0.717, 1.165) is 48.3 Å². The number of fused-ring (bicyclic) bond motifs is 5. The summed E-state index contributed by atoms with van der Waals surface area (Å²) in [6.45, 7) is 16.2. The second-order valence-corrected chi connectivity index (χ2v) is 11.7. The number of terminal acetylenes is 1. The van der Waals surface area contributed by atoms with Crippen LogP contribution in [0, 0.1) is 53.8 Å². The standard InChI is InChI=1S/C28H46O.C2H6.C2H2/c1-6-20(18(2)3)8-7-19(4)23-11-12-25-24(23)13-14-27-26(25)10-9-21-17-22(29)15-16-28(21,27)5;2*1-2/h9,18,20,22,24-27,29H,6-8,10-17H2,1-5H3;1-2H3;1-2H/b23-19+;;/t20?,22-,24?,25?,26?,27?,28-;;/m0../s1. The van der Waals surface area contributed by atoms with Gasteiger partial charge in [-0.25, -0.2) is 0 Å². The van der Waals surface area contributed by atoms with E-state index in [1.54, 1.807) is 11.1 Å². The second kappa shape index (κ2) is 12.6. The van der Waals surface area contributed by atoms with Gasteiger partial charge in [-0.2, -0.15) is 0 Å². The Balaban J connectivity index is 0.000000914. The van der Waals surface area contributed by atoms with Crippen LogP contribution in [-0.4, -0.2) is 11.2 Å². The van der Waals surface area contributed by atoms with Crippen LogP contribution in [0.25, 0.3) is 0 Å². The van der Waals surface area contributed by atoms with Crippen molar-refractivity contribution in [3.8, 4) is 12.8 Å². The quantitative estimate of drug-likeness (QED) is 0.324. The fourth-order valence-electron chi connectivity index (χ4n) is 8.21. The number of aliphatic hydroxyl groups is 1. The minimum Gasteiger partial charge on any atom is -0.393 e. The van der Waals surface area contributed by atoms with Crippen molar-refractivity contribution < 1.29 is 5.11 Å². The van der Waals surface area contributed by atoms with Gasteiger partial charge < -0.3 is 5.11 Å². The van der Waals surface area contributed by atoms with E-state index in [1.165, 1.54) is 57.8 Å². The van der Waals surface area contributed by atoms with Crippen LogP contribution in [0.5, 0.6) is 0 Å². The molecule has 5 unspecified atom stereocenters. The first-order chi connectivity index (χ1) is 15.8. The molecule has 0 saturated heterocycles. The predicted octanol–water partition coefficient (Wildman–Crippen LogP) is 8.97. The number of allylic oxidation sites excluding steroid dienone is 3. The molecule has 0 heterocycles. The molecule has 0 amide bonds. The smallest absolute Gasteiger partial charge is 0.0577 e. The van der Waals surface area contributed by atoms with Crippen LogP contribution < -0.4 is 0 Å². The van der Waals surface area contributed by atoms with Gasteiger partial charge in [0.05, 0.1) is 6.10 Å². The first-order valence-corrected chi connectivity index (χ1v) is 14.2. The molecule has 0 aromatic rings. The molecular weight excluding hydrogens is 400 g/mol. The van der Waals surface area contributed by atoms with Gasteiger partial charge in [-0.3, -0.25) is 0 Å². The van der Waals surface area contributed by atoms with Crippen molar-refractivity contribution in [2.24, 2.45) is 40.9 Å². The third-order valence-corrected chi connectivity index (χ3v) is 10.1. The zero-order valence-electron chi connectivity index (χ0n) is 23.0. The van der Waals surface area contributed by atoms with E-state index in [0.29, 0.717) is 5.41 Å². The second-order valence-electron chi connectivity index (χ2n) is 11.7. The number of hydrogen-bond donors (Lipinski definition) is 1. The van der Waals surface area contributed by atoms with E-state index in [2.05, 4.69) is 53.5 Å². The van der Waals surface area contributed by atoms with E-state index >= 15 is 0 Å². The van der Waals surface area contributed by atoms with Crippen molar-refractivity contribution in [3.05, 3.63) is 22.8 Å². The topological polar surface area (TPSA) is 20.2 Å². The molecule has 0 aliphatic heterocycles. The maximum Gasteiger partial charge on any atom is 0.0577 e. The van der Waals surface area contributed by atoms with Gasteiger partial charge >= 0.3 is 0 Å². The van der Waals surface area contributed by atoms with E-state index in [4.69, 9.17) is 0 Å². The molecule has 7 atom stereocenters. The maximum absolute atomic E-state index is 10.2. The monoisotopic (exact) mass is 454 g/mol. The number of hydrogen-bond acceptors (Lipinski definition) is 1. The lowest BCUT2D eigenvalue weighted by Crippen LogP contribution is -2.47. The highest BCUT2D eigenvalue weighted by molar-refractivity contribution is 5.28. The first-order valence-electron chi connectivity index (χ1n) is 14.2. The van der Waals surface area contributed by atoms with Crippen LogP contribution in [0.4, 0.5) is 0 Å². The molecule has 0 aromatic carbocycles. The lowest BCUT2D eigenvalue weighted by molar-refractivity contribution is -0.00147. The average molecular weight is 455 g/mol. The number of aliphatic hydroxyl groups excluding tert-OH is 1. The van der Waals surface area contributed by atoms with Crippen molar-refractivity contribution in [2.75, 3.05) is 0 Å². The fraction of sp³-hybridized carbons (Fsp3) is 0.812. The molecule has 0 bridgehead atoms. The van der Waals surface area contributed by atoms with Crippen molar-refractivity contribution in [2.45, 2.75) is 125 Å². The summed E-state index contributed by atoms with van der Waals surface area (Å²) in [4.78, 5) is 0. The summed E-state index contributed by atoms with van der Waals surface area (Å²) in [5.41, 5.74) is 5.64. The lowest BCUT2D eigenvalue weighted by atomic mass is 9.50. The van der Waals surface area contributed by atoms with Gasteiger partial charge in [0.2, 0.25) is 0 Å². The molecule has 3 fully saturated rings. The summed E-state index contributed by atoms with van der Waals surface area (Å²) in [5.74, 6) is 5.32. The maximum atomic E-state index is 10.2. The molecule has 0 spiro atoms. The average Bonchev–Trinajstić information content (AvgIpc) is 3.27. The molecule has 3 saturated carbocycles. The van der Waals surface area contributed by atoms with Crippen molar-refractivity contribution in [3.63, 3.8) is 0 Å². The molecule has 4 rings (SSSR count). The van der Waals surface area contributed by atoms with Crippen LogP contribution in [0.2, 0.25) is 0 Å². The molecule has 188 valence electrons. The fourth-order valence-corrected chi connectivity index (χ4v) is 8.21. The van der Waals surface area contributed by atoms with Gasteiger partial charge in [0.1, 0.15) is 0 Å². The van der Waals surface area contributed by atoms with Gasteiger partial charge in [0.25, 0.3) is 0 Å². The van der Waals surface area contributed by atoms with E-state index in [-0.39, 0.29) is 6.10 Å². The van der Waals surface area contributed by atoms with Crippen LogP contribution in [0.1, 0.15) is 119 Å². The Morgan fingerprint density at radius 2 is 1.82 bits per heavy atom. The van der Waals surface area contributed by atoms with Gasteiger partial charge in [0.15, 0.2) is 0 Å². The normalized spacial score (nSPS) is 37.2. The van der Waals surface area contributed by atoms with Gasteiger partial charge in [0, 0.05) is 0 Å². The van der Waals surface area contributed by atoms with Crippen LogP contribution in [-0.2, 0) is 0 Å². The molecule has 1 nitrogen and oxygen atoms in total. The minimum atomic E-state index is -0.0799. The van der Waals surface area contributed by atoms with Gasteiger partial charge in [-0.05, 0) is 112 Å². The summed E-state index contributed by atoms with van der Waals surface area (Å²) in [6, 6.07) is 0. The zero-order valence-corrected chi connectivity index (χ0v) is 23.0. The largest absolute Gasteiger partial charge is 0.393 e.